The average Bonchev–Trinajstić information content (AvgIpc) is 2.54. The summed E-state index contributed by atoms with van der Waals surface area (Å²) in [5.74, 6) is 0.495. The Morgan fingerprint density at radius 2 is 2.33 bits per heavy atom. The third-order valence-electron chi connectivity index (χ3n) is 1.76. The molecule has 1 heterocycles. The number of halogens is 2. The number of nitrogens with zero attached hydrogens (tertiary/aromatic N) is 1. The molecular formula is C8H6BrClN2. The van der Waals surface area contributed by atoms with E-state index in [2.05, 4.69) is 25.9 Å². The first kappa shape index (κ1) is 8.08. The molecule has 0 aliphatic heterocycles. The molecule has 0 radical (unpaired) electrons. The molecule has 1 N–H and O–H groups in total. The maximum Gasteiger partial charge on any atom is 0.0938 e. The monoisotopic (exact) mass is 244 g/mol. The summed E-state index contributed by atoms with van der Waals surface area (Å²) >= 11 is 9.17. The number of alkyl halides is 1. The van der Waals surface area contributed by atoms with Crippen LogP contribution in [-0.2, 0) is 5.88 Å². The second-order valence-corrected chi connectivity index (χ2v) is 3.59. The highest BCUT2D eigenvalue weighted by Gasteiger charge is 2.04. The van der Waals surface area contributed by atoms with E-state index >= 15 is 0 Å². The van der Waals surface area contributed by atoms with E-state index in [9.17, 15) is 0 Å². The highest BCUT2D eigenvalue weighted by atomic mass is 79.9. The van der Waals surface area contributed by atoms with Crippen molar-refractivity contribution in [1.29, 1.82) is 0 Å². The molecule has 2 aromatic rings. The number of imidazole rings is 1. The molecule has 0 amide bonds. The van der Waals surface area contributed by atoms with Crippen LogP contribution in [0.2, 0.25) is 0 Å². The van der Waals surface area contributed by atoms with Gasteiger partial charge in [0.1, 0.15) is 0 Å². The Morgan fingerprint density at radius 3 is 3.08 bits per heavy atom. The van der Waals surface area contributed by atoms with Gasteiger partial charge >= 0.3 is 0 Å². The van der Waals surface area contributed by atoms with Gasteiger partial charge in [0.2, 0.25) is 0 Å². The lowest BCUT2D eigenvalue weighted by Crippen LogP contribution is -1.81. The Kier molecular flexibility index (Phi) is 2.07. The molecule has 2 rings (SSSR count). The van der Waals surface area contributed by atoms with E-state index < -0.39 is 0 Å². The summed E-state index contributed by atoms with van der Waals surface area (Å²) in [6.07, 6.45) is 1.67. The number of hydrogen-bond acceptors (Lipinski definition) is 1. The molecule has 62 valence electrons. The predicted octanol–water partition coefficient (Wildman–Crippen LogP) is 3.06. The zero-order chi connectivity index (χ0) is 8.55. The van der Waals surface area contributed by atoms with E-state index in [1.807, 2.05) is 12.1 Å². The Labute approximate surface area is 83.1 Å². The van der Waals surface area contributed by atoms with E-state index in [0.717, 1.165) is 21.1 Å². The van der Waals surface area contributed by atoms with Crippen LogP contribution in [0, 0.1) is 0 Å². The van der Waals surface area contributed by atoms with Crippen LogP contribution in [-0.4, -0.2) is 9.97 Å². The average molecular weight is 246 g/mol. The largest absolute Gasteiger partial charge is 0.344 e. The molecule has 0 spiro atoms. The van der Waals surface area contributed by atoms with Gasteiger partial charge in [-0.25, -0.2) is 4.98 Å². The normalized spacial score (nSPS) is 10.8. The summed E-state index contributed by atoms with van der Waals surface area (Å²) in [6, 6.07) is 3.94. The van der Waals surface area contributed by atoms with Gasteiger partial charge in [-0.2, -0.15) is 0 Å². The van der Waals surface area contributed by atoms with Gasteiger partial charge in [0, 0.05) is 10.4 Å². The zero-order valence-electron chi connectivity index (χ0n) is 6.14. The standard InChI is InChI=1S/C8H6BrClN2/c9-6-2-1-5(3-10)7-8(6)12-4-11-7/h1-2,4H,3H2,(H,11,12). The van der Waals surface area contributed by atoms with Crippen LogP contribution in [0.1, 0.15) is 5.56 Å². The van der Waals surface area contributed by atoms with Crippen LogP contribution in [0.25, 0.3) is 11.0 Å². The number of fused-ring (bicyclic) bond motifs is 1. The van der Waals surface area contributed by atoms with E-state index in [1.165, 1.54) is 0 Å². The third kappa shape index (κ3) is 1.13. The first-order chi connectivity index (χ1) is 5.83. The molecule has 0 unspecified atom stereocenters. The van der Waals surface area contributed by atoms with Crippen LogP contribution in [0.15, 0.2) is 22.9 Å². The Bertz CT molecular complexity index is 410. The van der Waals surface area contributed by atoms with Crippen molar-refractivity contribution in [2.75, 3.05) is 0 Å². The minimum atomic E-state index is 0.495. The topological polar surface area (TPSA) is 28.7 Å². The Balaban J connectivity index is 2.82. The van der Waals surface area contributed by atoms with E-state index in [-0.39, 0.29) is 0 Å². The molecule has 0 saturated heterocycles. The van der Waals surface area contributed by atoms with Crippen LogP contribution in [0.4, 0.5) is 0 Å². The minimum Gasteiger partial charge on any atom is -0.344 e. The first-order valence-electron chi connectivity index (χ1n) is 3.49. The molecule has 2 nitrogen and oxygen atoms in total. The van der Waals surface area contributed by atoms with Gasteiger partial charge in [0.05, 0.1) is 17.4 Å². The number of rotatable bonds is 1. The summed E-state index contributed by atoms with van der Waals surface area (Å²) in [4.78, 5) is 7.23. The van der Waals surface area contributed by atoms with Crippen LogP contribution >= 0.6 is 27.5 Å². The quantitative estimate of drug-likeness (QED) is 0.769. The van der Waals surface area contributed by atoms with Gasteiger partial charge in [-0.3, -0.25) is 0 Å². The molecular weight excluding hydrogens is 239 g/mol. The second kappa shape index (κ2) is 3.07. The lowest BCUT2D eigenvalue weighted by molar-refractivity contribution is 1.33. The van der Waals surface area contributed by atoms with Crippen molar-refractivity contribution in [3.8, 4) is 0 Å². The zero-order valence-corrected chi connectivity index (χ0v) is 8.48. The number of hydrogen-bond donors (Lipinski definition) is 1. The van der Waals surface area contributed by atoms with Gasteiger partial charge in [0.15, 0.2) is 0 Å². The van der Waals surface area contributed by atoms with Gasteiger partial charge < -0.3 is 4.98 Å². The highest BCUT2D eigenvalue weighted by Crippen LogP contribution is 2.24. The van der Waals surface area contributed by atoms with Crippen molar-refractivity contribution < 1.29 is 0 Å². The molecule has 12 heavy (non-hydrogen) atoms. The van der Waals surface area contributed by atoms with Crippen molar-refractivity contribution in [3.63, 3.8) is 0 Å². The number of H-pyrrole nitrogens is 1. The van der Waals surface area contributed by atoms with Crippen molar-refractivity contribution in [2.24, 2.45) is 0 Å². The van der Waals surface area contributed by atoms with E-state index in [1.54, 1.807) is 6.33 Å². The van der Waals surface area contributed by atoms with Crippen LogP contribution in [0.3, 0.4) is 0 Å². The lowest BCUT2D eigenvalue weighted by Gasteiger charge is -1.97. The molecule has 0 atom stereocenters. The third-order valence-corrected chi connectivity index (χ3v) is 2.71. The van der Waals surface area contributed by atoms with Crippen molar-refractivity contribution in [2.45, 2.75) is 5.88 Å². The summed E-state index contributed by atoms with van der Waals surface area (Å²) in [6.45, 7) is 0. The molecule has 0 fully saturated rings. The molecule has 0 saturated carbocycles. The number of nitrogens with one attached hydrogen (secondary N) is 1. The number of benzene rings is 1. The first-order valence-corrected chi connectivity index (χ1v) is 4.82. The van der Waals surface area contributed by atoms with Gasteiger partial charge in [-0.1, -0.05) is 6.07 Å². The predicted molar refractivity (Wildman–Crippen MR) is 53.4 cm³/mol. The summed E-state index contributed by atoms with van der Waals surface area (Å²) in [5.41, 5.74) is 3.00. The highest BCUT2D eigenvalue weighted by molar-refractivity contribution is 9.10. The SMILES string of the molecule is ClCc1ccc(Br)c2[nH]cnc12. The molecule has 4 heteroatoms. The van der Waals surface area contributed by atoms with E-state index in [0.29, 0.717) is 5.88 Å². The minimum absolute atomic E-state index is 0.495. The van der Waals surface area contributed by atoms with E-state index in [4.69, 9.17) is 11.6 Å². The van der Waals surface area contributed by atoms with Crippen LogP contribution in [0.5, 0.6) is 0 Å². The Morgan fingerprint density at radius 1 is 1.50 bits per heavy atom. The summed E-state index contributed by atoms with van der Waals surface area (Å²) in [7, 11) is 0. The fourth-order valence-corrected chi connectivity index (χ4v) is 1.81. The lowest BCUT2D eigenvalue weighted by atomic mass is 10.2. The molecule has 0 aliphatic rings. The fourth-order valence-electron chi connectivity index (χ4n) is 1.16. The van der Waals surface area contributed by atoms with Crippen molar-refractivity contribution in [3.05, 3.63) is 28.5 Å². The fraction of sp³-hybridized carbons (Fsp3) is 0.125. The molecule has 0 aliphatic carbocycles. The van der Waals surface area contributed by atoms with Crippen molar-refractivity contribution >= 4 is 38.6 Å². The second-order valence-electron chi connectivity index (χ2n) is 2.47. The molecule has 1 aromatic heterocycles. The molecule has 0 bridgehead atoms. The maximum atomic E-state index is 5.75. The van der Waals surface area contributed by atoms with Gasteiger partial charge in [-0.05, 0) is 27.6 Å². The van der Waals surface area contributed by atoms with Crippen LogP contribution < -0.4 is 0 Å². The maximum absolute atomic E-state index is 5.75. The Hall–Kier alpha value is -0.540. The molecule has 1 aromatic carbocycles. The summed E-state index contributed by atoms with van der Waals surface area (Å²) < 4.78 is 1.02. The number of aromatic nitrogens is 2. The van der Waals surface area contributed by atoms with Gasteiger partial charge in [-0.15, -0.1) is 11.6 Å². The van der Waals surface area contributed by atoms with Gasteiger partial charge in [0.25, 0.3) is 0 Å². The number of aromatic amines is 1. The smallest absolute Gasteiger partial charge is 0.0938 e. The van der Waals surface area contributed by atoms with Crippen molar-refractivity contribution in [1.82, 2.24) is 9.97 Å². The summed E-state index contributed by atoms with van der Waals surface area (Å²) in [5, 5.41) is 0.